The van der Waals surface area contributed by atoms with Gasteiger partial charge in [0.05, 0.1) is 12.0 Å². The van der Waals surface area contributed by atoms with E-state index < -0.39 is 43.1 Å². The van der Waals surface area contributed by atoms with Crippen LogP contribution >= 0.6 is 0 Å². The molecule has 16 heavy (non-hydrogen) atoms. The lowest BCUT2D eigenvalue weighted by molar-refractivity contribution is -0.183. The lowest BCUT2D eigenvalue weighted by atomic mass is 9.97. The topological polar surface area (TPSA) is 66.6 Å². The maximum Gasteiger partial charge on any atom is 0.393 e. The number of aliphatic hydroxyl groups excluding tert-OH is 1. The summed E-state index contributed by atoms with van der Waals surface area (Å²) in [4.78, 5) is 12.5. The summed E-state index contributed by atoms with van der Waals surface area (Å²) in [6.07, 6.45) is -4.39. The zero-order valence-electron chi connectivity index (χ0n) is 8.87. The molecular weight excluding hydrogens is 225 g/mol. The number of carbonyl (C=O) groups excluding carboxylic acids is 1. The Morgan fingerprint density at radius 3 is 2.44 bits per heavy atom. The van der Waals surface area contributed by atoms with Crippen LogP contribution in [0.3, 0.4) is 0 Å². The number of nitrogens with zero attached hydrogens (tertiary/aromatic N) is 1. The van der Waals surface area contributed by atoms with Crippen LogP contribution in [0.2, 0.25) is 0 Å². The number of aliphatic hydroxyl groups is 1. The van der Waals surface area contributed by atoms with Gasteiger partial charge in [0, 0.05) is 25.6 Å². The van der Waals surface area contributed by atoms with Crippen molar-refractivity contribution < 1.29 is 23.1 Å². The molecule has 1 aliphatic rings. The van der Waals surface area contributed by atoms with E-state index in [1.54, 1.807) is 0 Å². The van der Waals surface area contributed by atoms with Gasteiger partial charge in [-0.15, -0.1) is 0 Å². The molecular formula is C9H15F3N2O2. The molecule has 1 heterocycles. The zero-order valence-corrected chi connectivity index (χ0v) is 8.87. The SMILES string of the molecule is CC(N)C(=O)N1CC(CO)C(C(F)(F)F)C1. The van der Waals surface area contributed by atoms with Crippen molar-refractivity contribution in [2.45, 2.75) is 19.1 Å². The Kier molecular flexibility index (Phi) is 3.80. The lowest BCUT2D eigenvalue weighted by Crippen LogP contribution is -2.41. The van der Waals surface area contributed by atoms with Gasteiger partial charge in [-0.3, -0.25) is 4.79 Å². The Labute approximate surface area is 91.2 Å². The maximum atomic E-state index is 12.6. The second-order valence-corrected chi connectivity index (χ2v) is 4.12. The van der Waals surface area contributed by atoms with Gasteiger partial charge in [0.1, 0.15) is 0 Å². The van der Waals surface area contributed by atoms with Crippen LogP contribution in [0.15, 0.2) is 0 Å². The third-order valence-corrected chi connectivity index (χ3v) is 2.80. The van der Waals surface area contributed by atoms with E-state index >= 15 is 0 Å². The lowest BCUT2D eigenvalue weighted by Gasteiger charge is -2.19. The van der Waals surface area contributed by atoms with Gasteiger partial charge in [-0.05, 0) is 6.92 Å². The molecule has 0 aliphatic carbocycles. The second-order valence-electron chi connectivity index (χ2n) is 4.12. The van der Waals surface area contributed by atoms with Gasteiger partial charge >= 0.3 is 6.18 Å². The first-order valence-corrected chi connectivity index (χ1v) is 4.99. The first kappa shape index (κ1) is 13.2. The molecule has 0 radical (unpaired) electrons. The Morgan fingerprint density at radius 1 is 1.56 bits per heavy atom. The molecule has 0 aromatic carbocycles. The Morgan fingerprint density at radius 2 is 2.12 bits per heavy atom. The molecule has 3 atom stereocenters. The average Bonchev–Trinajstić information content (AvgIpc) is 2.59. The van der Waals surface area contributed by atoms with Crippen LogP contribution in [0, 0.1) is 11.8 Å². The molecule has 7 heteroatoms. The van der Waals surface area contributed by atoms with E-state index in [2.05, 4.69) is 0 Å². The summed E-state index contributed by atoms with van der Waals surface area (Å²) in [6.45, 7) is 0.361. The predicted octanol–water partition coefficient (Wildman–Crippen LogP) is -0.0372. The largest absolute Gasteiger partial charge is 0.396 e. The Balaban J connectivity index is 2.74. The van der Waals surface area contributed by atoms with Crippen molar-refractivity contribution >= 4 is 5.91 Å². The number of rotatable bonds is 2. The van der Waals surface area contributed by atoms with E-state index in [9.17, 15) is 18.0 Å². The van der Waals surface area contributed by atoms with E-state index in [1.165, 1.54) is 6.92 Å². The van der Waals surface area contributed by atoms with E-state index in [1.807, 2.05) is 0 Å². The number of halogens is 3. The molecule has 1 aliphatic heterocycles. The van der Waals surface area contributed by atoms with Crippen molar-refractivity contribution in [3.05, 3.63) is 0 Å². The minimum atomic E-state index is -4.39. The minimum Gasteiger partial charge on any atom is -0.396 e. The van der Waals surface area contributed by atoms with Crippen molar-refractivity contribution in [1.29, 1.82) is 0 Å². The minimum absolute atomic E-state index is 0.0823. The van der Waals surface area contributed by atoms with E-state index in [4.69, 9.17) is 10.8 Å². The third kappa shape index (κ3) is 2.65. The van der Waals surface area contributed by atoms with Crippen molar-refractivity contribution in [2.24, 2.45) is 17.6 Å². The van der Waals surface area contributed by atoms with Gasteiger partial charge in [0.25, 0.3) is 0 Å². The van der Waals surface area contributed by atoms with E-state index in [0.29, 0.717) is 0 Å². The first-order chi connectivity index (χ1) is 7.27. The van der Waals surface area contributed by atoms with Gasteiger partial charge in [-0.2, -0.15) is 13.2 Å². The zero-order chi connectivity index (χ0) is 12.5. The monoisotopic (exact) mass is 240 g/mol. The summed E-state index contributed by atoms with van der Waals surface area (Å²) in [5.41, 5.74) is 5.32. The number of hydrogen-bond donors (Lipinski definition) is 2. The number of alkyl halides is 3. The van der Waals surface area contributed by atoms with Gasteiger partial charge in [0.15, 0.2) is 0 Å². The van der Waals surface area contributed by atoms with Gasteiger partial charge < -0.3 is 15.7 Å². The van der Waals surface area contributed by atoms with Crippen molar-refractivity contribution in [3.63, 3.8) is 0 Å². The molecule has 1 rings (SSSR count). The van der Waals surface area contributed by atoms with Crippen LogP contribution in [-0.2, 0) is 4.79 Å². The van der Waals surface area contributed by atoms with Crippen molar-refractivity contribution in [3.8, 4) is 0 Å². The molecule has 0 bridgehead atoms. The molecule has 1 amide bonds. The molecule has 1 fully saturated rings. The number of carbonyl (C=O) groups is 1. The highest BCUT2D eigenvalue weighted by molar-refractivity contribution is 5.81. The van der Waals surface area contributed by atoms with Crippen molar-refractivity contribution in [1.82, 2.24) is 4.90 Å². The highest BCUT2D eigenvalue weighted by Crippen LogP contribution is 2.37. The second kappa shape index (κ2) is 4.58. The molecule has 3 N–H and O–H groups in total. The summed E-state index contributed by atoms with van der Waals surface area (Å²) in [7, 11) is 0. The van der Waals surface area contributed by atoms with Crippen LogP contribution in [0.25, 0.3) is 0 Å². The molecule has 1 saturated heterocycles. The molecule has 4 nitrogen and oxygen atoms in total. The Bertz CT molecular complexity index is 268. The molecule has 0 aromatic rings. The normalized spacial score (nSPS) is 28.2. The first-order valence-electron chi connectivity index (χ1n) is 4.99. The van der Waals surface area contributed by atoms with Gasteiger partial charge in [0.2, 0.25) is 5.91 Å². The summed E-state index contributed by atoms with van der Waals surface area (Å²) in [5.74, 6) is -3.10. The van der Waals surface area contributed by atoms with Crippen LogP contribution in [-0.4, -0.2) is 47.8 Å². The number of likely N-dealkylation sites (tertiary alicyclic amines) is 1. The number of hydrogen-bond acceptors (Lipinski definition) is 3. The standard InChI is InChI=1S/C9H15F3N2O2/c1-5(13)8(16)14-2-6(4-15)7(3-14)9(10,11)12/h5-7,15H,2-4,13H2,1H3. The highest BCUT2D eigenvalue weighted by atomic mass is 19.4. The highest BCUT2D eigenvalue weighted by Gasteiger charge is 2.50. The summed E-state index contributed by atoms with van der Waals surface area (Å²) in [6, 6.07) is -0.814. The summed E-state index contributed by atoms with van der Waals surface area (Å²) >= 11 is 0. The summed E-state index contributed by atoms with van der Waals surface area (Å²) in [5, 5.41) is 8.87. The maximum absolute atomic E-state index is 12.6. The number of amides is 1. The molecule has 0 saturated carbocycles. The molecule has 0 aromatic heterocycles. The summed E-state index contributed by atoms with van der Waals surface area (Å²) < 4.78 is 37.7. The molecule has 3 unspecified atom stereocenters. The van der Waals surface area contributed by atoms with Gasteiger partial charge in [-0.1, -0.05) is 0 Å². The van der Waals surface area contributed by atoms with Crippen LogP contribution in [0.5, 0.6) is 0 Å². The van der Waals surface area contributed by atoms with E-state index in [-0.39, 0.29) is 6.54 Å². The molecule has 94 valence electrons. The fourth-order valence-corrected chi connectivity index (χ4v) is 1.90. The third-order valence-electron chi connectivity index (χ3n) is 2.80. The fraction of sp³-hybridized carbons (Fsp3) is 0.889. The van der Waals surface area contributed by atoms with Gasteiger partial charge in [-0.25, -0.2) is 0 Å². The smallest absolute Gasteiger partial charge is 0.393 e. The quantitative estimate of drug-likeness (QED) is 0.712. The van der Waals surface area contributed by atoms with Crippen LogP contribution in [0.1, 0.15) is 6.92 Å². The Hall–Kier alpha value is -0.820. The van der Waals surface area contributed by atoms with E-state index in [0.717, 1.165) is 4.90 Å². The molecule has 0 spiro atoms. The average molecular weight is 240 g/mol. The number of nitrogens with two attached hydrogens (primary N) is 1. The van der Waals surface area contributed by atoms with Crippen LogP contribution < -0.4 is 5.73 Å². The van der Waals surface area contributed by atoms with Crippen LogP contribution in [0.4, 0.5) is 13.2 Å². The fourth-order valence-electron chi connectivity index (χ4n) is 1.90. The predicted molar refractivity (Wildman–Crippen MR) is 50.4 cm³/mol. The van der Waals surface area contributed by atoms with Crippen molar-refractivity contribution in [2.75, 3.05) is 19.7 Å².